The third-order valence-corrected chi connectivity index (χ3v) is 6.47. The van der Waals surface area contributed by atoms with Gasteiger partial charge in [-0.25, -0.2) is 4.98 Å². The van der Waals surface area contributed by atoms with E-state index < -0.39 is 0 Å². The number of hydrogen-bond donors (Lipinski definition) is 1. The van der Waals surface area contributed by atoms with Crippen LogP contribution in [0.2, 0.25) is 5.02 Å². The largest absolute Gasteiger partial charge is 0.492 e. The Bertz CT molecular complexity index is 1290. The van der Waals surface area contributed by atoms with Crippen molar-refractivity contribution in [3.8, 4) is 5.75 Å². The number of aromatic nitrogens is 2. The Labute approximate surface area is 218 Å². The molecule has 4 rings (SSSR count). The fourth-order valence-electron chi connectivity index (χ4n) is 4.20. The third kappa shape index (κ3) is 6.88. The molecule has 0 bridgehead atoms. The topological polar surface area (TPSA) is 56.1 Å². The van der Waals surface area contributed by atoms with Crippen LogP contribution in [0.25, 0.3) is 11.0 Å². The monoisotopic (exact) mass is 503 g/mol. The minimum Gasteiger partial charge on any atom is -0.492 e. The Morgan fingerprint density at radius 2 is 1.72 bits per heavy atom. The number of hydrogen-bond acceptors (Lipinski definition) is 3. The first-order chi connectivity index (χ1) is 17.3. The highest BCUT2D eigenvalue weighted by Gasteiger charge is 2.14. The number of aryl methyl sites for hydroxylation is 1. The highest BCUT2D eigenvalue weighted by atomic mass is 35.5. The molecule has 0 aliphatic rings. The SMILES string of the molecule is CC(C)(C)c1ccc(OCCn2c(CCCNC(=O)Cc3ccc(Cl)cc3)nc3ccccc32)cc1. The van der Waals surface area contributed by atoms with Crippen LogP contribution in [-0.2, 0) is 29.6 Å². The summed E-state index contributed by atoms with van der Waals surface area (Å²) in [7, 11) is 0. The molecular weight excluding hydrogens is 470 g/mol. The molecule has 6 heteroatoms. The fourth-order valence-corrected chi connectivity index (χ4v) is 4.32. The van der Waals surface area contributed by atoms with Crippen molar-refractivity contribution in [3.05, 3.63) is 94.8 Å². The van der Waals surface area contributed by atoms with Gasteiger partial charge in [-0.1, -0.05) is 68.8 Å². The number of nitrogens with zero attached hydrogens (tertiary/aromatic N) is 2. The molecular formula is C30H34ClN3O2. The second kappa shape index (κ2) is 11.6. The normalized spacial score (nSPS) is 11.6. The van der Waals surface area contributed by atoms with Crippen LogP contribution < -0.4 is 10.1 Å². The van der Waals surface area contributed by atoms with E-state index in [0.717, 1.165) is 41.0 Å². The zero-order chi connectivity index (χ0) is 25.5. The van der Waals surface area contributed by atoms with Gasteiger partial charge in [0.1, 0.15) is 18.2 Å². The van der Waals surface area contributed by atoms with Gasteiger partial charge in [0.2, 0.25) is 5.91 Å². The van der Waals surface area contributed by atoms with Gasteiger partial charge in [-0.2, -0.15) is 0 Å². The molecule has 36 heavy (non-hydrogen) atoms. The molecule has 0 atom stereocenters. The van der Waals surface area contributed by atoms with Crippen molar-refractivity contribution in [2.75, 3.05) is 13.2 Å². The van der Waals surface area contributed by atoms with Crippen molar-refractivity contribution in [3.63, 3.8) is 0 Å². The molecule has 1 N–H and O–H groups in total. The Morgan fingerprint density at radius 3 is 2.44 bits per heavy atom. The lowest BCUT2D eigenvalue weighted by molar-refractivity contribution is -0.120. The van der Waals surface area contributed by atoms with E-state index >= 15 is 0 Å². The second-order valence-corrected chi connectivity index (χ2v) is 10.5. The lowest BCUT2D eigenvalue weighted by Gasteiger charge is -2.19. The number of fused-ring (bicyclic) bond motifs is 1. The first-order valence-electron chi connectivity index (χ1n) is 12.5. The van der Waals surface area contributed by atoms with Gasteiger partial charge in [0.15, 0.2) is 0 Å². The number of amides is 1. The predicted molar refractivity (Wildman–Crippen MR) is 147 cm³/mol. The number of carbonyl (C=O) groups is 1. The van der Waals surface area contributed by atoms with Crippen LogP contribution in [0.5, 0.6) is 5.75 Å². The lowest BCUT2D eigenvalue weighted by atomic mass is 9.87. The Balaban J connectivity index is 1.31. The minimum absolute atomic E-state index is 0.0108. The van der Waals surface area contributed by atoms with Crippen LogP contribution in [0.1, 0.15) is 44.1 Å². The maximum absolute atomic E-state index is 12.3. The van der Waals surface area contributed by atoms with Gasteiger partial charge >= 0.3 is 0 Å². The molecule has 0 aliphatic carbocycles. The number of imidazole rings is 1. The molecule has 5 nitrogen and oxygen atoms in total. The summed E-state index contributed by atoms with van der Waals surface area (Å²) in [5, 5.41) is 3.69. The smallest absolute Gasteiger partial charge is 0.224 e. The van der Waals surface area contributed by atoms with Gasteiger partial charge in [-0.15, -0.1) is 0 Å². The molecule has 1 aromatic heterocycles. The summed E-state index contributed by atoms with van der Waals surface area (Å²) < 4.78 is 8.29. The third-order valence-electron chi connectivity index (χ3n) is 6.21. The number of rotatable bonds is 10. The summed E-state index contributed by atoms with van der Waals surface area (Å²) in [5.74, 6) is 1.89. The second-order valence-electron chi connectivity index (χ2n) is 10.0. The minimum atomic E-state index is 0.0108. The Morgan fingerprint density at radius 1 is 1.00 bits per heavy atom. The average Bonchev–Trinajstić information content (AvgIpc) is 3.20. The van der Waals surface area contributed by atoms with Crippen molar-refractivity contribution >= 4 is 28.5 Å². The zero-order valence-electron chi connectivity index (χ0n) is 21.3. The number of carbonyl (C=O) groups excluding carboxylic acids is 1. The molecule has 0 spiro atoms. The van der Waals surface area contributed by atoms with Gasteiger partial charge in [-0.3, -0.25) is 4.79 Å². The molecule has 4 aromatic rings. The van der Waals surface area contributed by atoms with Crippen molar-refractivity contribution < 1.29 is 9.53 Å². The Kier molecular flexibility index (Phi) is 8.32. The molecule has 0 saturated carbocycles. The molecule has 1 heterocycles. The van der Waals surface area contributed by atoms with Crippen molar-refractivity contribution in [2.24, 2.45) is 0 Å². The van der Waals surface area contributed by atoms with Gasteiger partial charge in [-0.05, 0) is 59.4 Å². The molecule has 0 radical (unpaired) electrons. The summed E-state index contributed by atoms with van der Waals surface area (Å²) in [6.45, 7) is 8.49. The van der Waals surface area contributed by atoms with Crippen LogP contribution in [0.15, 0.2) is 72.8 Å². The van der Waals surface area contributed by atoms with E-state index in [4.69, 9.17) is 21.3 Å². The number of nitrogens with one attached hydrogen (secondary N) is 1. The Hall–Kier alpha value is -3.31. The molecule has 0 aliphatic heterocycles. The predicted octanol–water partition coefficient (Wildman–Crippen LogP) is 6.36. The van der Waals surface area contributed by atoms with E-state index in [1.807, 2.05) is 42.5 Å². The lowest BCUT2D eigenvalue weighted by Crippen LogP contribution is -2.26. The van der Waals surface area contributed by atoms with Crippen LogP contribution in [0.3, 0.4) is 0 Å². The van der Waals surface area contributed by atoms with Gasteiger partial charge < -0.3 is 14.6 Å². The standard InChI is InChI=1S/C30H34ClN3O2/c1-30(2,3)23-12-16-25(17-13-23)36-20-19-34-27-8-5-4-7-26(27)33-28(34)9-6-18-32-29(35)21-22-10-14-24(31)15-11-22/h4-5,7-8,10-17H,6,9,18-21H2,1-3H3,(H,32,35). The molecule has 0 saturated heterocycles. The van der Waals surface area contributed by atoms with E-state index in [-0.39, 0.29) is 11.3 Å². The van der Waals surface area contributed by atoms with Crippen LogP contribution in [0.4, 0.5) is 0 Å². The zero-order valence-corrected chi connectivity index (χ0v) is 22.0. The van der Waals surface area contributed by atoms with Crippen LogP contribution in [0, 0.1) is 0 Å². The summed E-state index contributed by atoms with van der Waals surface area (Å²) >= 11 is 5.92. The highest BCUT2D eigenvalue weighted by molar-refractivity contribution is 6.30. The first kappa shape index (κ1) is 25.8. The van der Waals surface area contributed by atoms with E-state index in [0.29, 0.717) is 31.1 Å². The summed E-state index contributed by atoms with van der Waals surface area (Å²) in [5.41, 5.74) is 4.45. The number of halogens is 1. The van der Waals surface area contributed by atoms with Crippen molar-refractivity contribution in [1.29, 1.82) is 0 Å². The molecule has 0 fully saturated rings. The molecule has 0 unspecified atom stereocenters. The molecule has 188 valence electrons. The quantitative estimate of drug-likeness (QED) is 0.256. The molecule has 3 aromatic carbocycles. The van der Waals surface area contributed by atoms with Gasteiger partial charge in [0.25, 0.3) is 0 Å². The van der Waals surface area contributed by atoms with E-state index in [1.165, 1.54) is 5.56 Å². The first-order valence-corrected chi connectivity index (χ1v) is 12.9. The maximum atomic E-state index is 12.3. The van der Waals surface area contributed by atoms with E-state index in [1.54, 1.807) is 12.1 Å². The van der Waals surface area contributed by atoms with Gasteiger partial charge in [0, 0.05) is 18.0 Å². The maximum Gasteiger partial charge on any atom is 0.224 e. The van der Waals surface area contributed by atoms with Crippen LogP contribution >= 0.6 is 11.6 Å². The number of ether oxygens (including phenoxy) is 1. The number of para-hydroxylation sites is 2. The number of benzene rings is 3. The summed E-state index contributed by atoms with van der Waals surface area (Å²) in [4.78, 5) is 17.1. The van der Waals surface area contributed by atoms with E-state index in [9.17, 15) is 4.79 Å². The van der Waals surface area contributed by atoms with Gasteiger partial charge in [0.05, 0.1) is 24.0 Å². The summed E-state index contributed by atoms with van der Waals surface area (Å²) in [6.07, 6.45) is 1.94. The van der Waals surface area contributed by atoms with Crippen LogP contribution in [-0.4, -0.2) is 28.6 Å². The fraction of sp³-hybridized carbons (Fsp3) is 0.333. The van der Waals surface area contributed by atoms with Crippen molar-refractivity contribution in [1.82, 2.24) is 14.9 Å². The van der Waals surface area contributed by atoms with E-state index in [2.05, 4.69) is 48.9 Å². The summed E-state index contributed by atoms with van der Waals surface area (Å²) in [6, 6.07) is 23.9. The molecule has 1 amide bonds. The average molecular weight is 504 g/mol. The van der Waals surface area contributed by atoms with Crippen molar-refractivity contribution in [2.45, 2.75) is 52.0 Å². The highest BCUT2D eigenvalue weighted by Crippen LogP contribution is 2.24.